The number of thioether (sulfide) groups is 1. The number of hydrazine groups is 1. The minimum Gasteiger partial charge on any atom is -0.271 e. The van der Waals surface area contributed by atoms with Crippen LogP contribution in [-0.2, 0) is 0 Å². The van der Waals surface area contributed by atoms with Crippen LogP contribution in [0.15, 0.2) is 12.1 Å². The van der Waals surface area contributed by atoms with Crippen LogP contribution in [0.4, 0.5) is 0 Å². The first-order chi connectivity index (χ1) is 8.45. The summed E-state index contributed by atoms with van der Waals surface area (Å²) in [5.41, 5.74) is 8.30. The topological polar surface area (TPSA) is 38.0 Å². The molecule has 1 aromatic rings. The molecule has 1 rings (SSSR count). The van der Waals surface area contributed by atoms with E-state index in [1.807, 2.05) is 11.8 Å². The molecule has 102 valence electrons. The van der Waals surface area contributed by atoms with Crippen LogP contribution < -0.4 is 11.3 Å². The van der Waals surface area contributed by atoms with E-state index >= 15 is 0 Å². The van der Waals surface area contributed by atoms with Crippen LogP contribution in [0.1, 0.15) is 42.1 Å². The highest BCUT2D eigenvalue weighted by Crippen LogP contribution is 2.25. The second-order valence-corrected chi connectivity index (χ2v) is 6.52. The van der Waals surface area contributed by atoms with Gasteiger partial charge in [-0.25, -0.2) is 0 Å². The molecule has 1 aromatic carbocycles. The molecular formula is C15H26N2S. The zero-order chi connectivity index (χ0) is 13.7. The average molecular weight is 266 g/mol. The molecule has 0 aromatic heterocycles. The molecule has 0 bridgehead atoms. The molecule has 0 spiro atoms. The fourth-order valence-corrected chi connectivity index (χ4v) is 3.13. The lowest BCUT2D eigenvalue weighted by molar-refractivity contribution is 0.606. The van der Waals surface area contributed by atoms with Crippen molar-refractivity contribution in [1.82, 2.24) is 5.43 Å². The highest BCUT2D eigenvalue weighted by atomic mass is 32.2. The molecule has 0 fully saturated rings. The molecule has 0 heterocycles. The van der Waals surface area contributed by atoms with Gasteiger partial charge in [-0.2, -0.15) is 11.8 Å². The van der Waals surface area contributed by atoms with Gasteiger partial charge in [0.05, 0.1) is 6.04 Å². The maximum Gasteiger partial charge on any atom is 0.0553 e. The van der Waals surface area contributed by atoms with Crippen LogP contribution in [0.2, 0.25) is 0 Å². The van der Waals surface area contributed by atoms with E-state index in [1.165, 1.54) is 28.0 Å². The number of nitrogens with one attached hydrogen (secondary N) is 1. The highest BCUT2D eigenvalue weighted by Gasteiger charge is 2.13. The van der Waals surface area contributed by atoms with Gasteiger partial charge in [-0.05, 0) is 54.7 Å². The molecule has 0 saturated heterocycles. The monoisotopic (exact) mass is 266 g/mol. The van der Waals surface area contributed by atoms with Gasteiger partial charge in [0.15, 0.2) is 0 Å². The first-order valence-electron chi connectivity index (χ1n) is 6.57. The Morgan fingerprint density at radius 3 is 2.22 bits per heavy atom. The maximum absolute atomic E-state index is 5.72. The summed E-state index contributed by atoms with van der Waals surface area (Å²) >= 11 is 1.97. The van der Waals surface area contributed by atoms with E-state index in [-0.39, 0.29) is 6.04 Å². The Morgan fingerprint density at radius 1 is 1.06 bits per heavy atom. The van der Waals surface area contributed by atoms with Gasteiger partial charge in [-0.15, -0.1) is 0 Å². The average Bonchev–Trinajstić information content (AvgIpc) is 2.30. The van der Waals surface area contributed by atoms with E-state index in [9.17, 15) is 0 Å². The van der Waals surface area contributed by atoms with E-state index in [2.05, 4.69) is 52.2 Å². The molecule has 3 heteroatoms. The van der Waals surface area contributed by atoms with E-state index < -0.39 is 0 Å². The third-order valence-electron chi connectivity index (χ3n) is 3.19. The first kappa shape index (κ1) is 15.5. The zero-order valence-electron chi connectivity index (χ0n) is 12.2. The van der Waals surface area contributed by atoms with Gasteiger partial charge < -0.3 is 0 Å². The Balaban J connectivity index is 2.78. The molecule has 1 atom stereocenters. The van der Waals surface area contributed by atoms with Crippen molar-refractivity contribution in [3.05, 3.63) is 34.4 Å². The Bertz CT molecular complexity index is 388. The van der Waals surface area contributed by atoms with Crippen LogP contribution in [0.3, 0.4) is 0 Å². The number of rotatable bonds is 6. The van der Waals surface area contributed by atoms with Crippen molar-refractivity contribution in [3.63, 3.8) is 0 Å². The lowest BCUT2D eigenvalue weighted by Gasteiger charge is -2.20. The van der Waals surface area contributed by atoms with Gasteiger partial charge in [-0.1, -0.05) is 26.0 Å². The predicted molar refractivity (Wildman–Crippen MR) is 82.9 cm³/mol. The fourth-order valence-electron chi connectivity index (χ4n) is 2.01. The molecule has 0 aliphatic carbocycles. The first-order valence-corrected chi connectivity index (χ1v) is 7.72. The lowest BCUT2D eigenvalue weighted by atomic mass is 9.97. The van der Waals surface area contributed by atoms with Crippen molar-refractivity contribution in [2.75, 3.05) is 11.5 Å². The summed E-state index contributed by atoms with van der Waals surface area (Å²) < 4.78 is 0. The van der Waals surface area contributed by atoms with Gasteiger partial charge in [-0.3, -0.25) is 11.3 Å². The Hall–Kier alpha value is -0.510. The number of nitrogens with two attached hydrogens (primary N) is 1. The standard InChI is InChI=1S/C15H26N2S/c1-10(2)8-18-9-15(17-16)14-7-12(4)11(3)6-13(14)5/h6-7,10,15,17H,8-9,16H2,1-5H3. The van der Waals surface area contributed by atoms with Crippen LogP contribution in [0, 0.1) is 26.7 Å². The van der Waals surface area contributed by atoms with E-state index in [4.69, 9.17) is 5.84 Å². The molecule has 18 heavy (non-hydrogen) atoms. The number of benzene rings is 1. The molecule has 3 N–H and O–H groups in total. The van der Waals surface area contributed by atoms with Gasteiger partial charge in [0.2, 0.25) is 0 Å². The van der Waals surface area contributed by atoms with E-state index in [0.717, 1.165) is 11.7 Å². The predicted octanol–water partition coefficient (Wildman–Crippen LogP) is 3.51. The Kier molecular flexibility index (Phi) is 6.19. The van der Waals surface area contributed by atoms with E-state index in [0.29, 0.717) is 0 Å². The number of hydrogen-bond acceptors (Lipinski definition) is 3. The summed E-state index contributed by atoms with van der Waals surface area (Å²) in [6.45, 7) is 11.0. The lowest BCUT2D eigenvalue weighted by Crippen LogP contribution is -2.30. The second-order valence-electron chi connectivity index (χ2n) is 5.44. The summed E-state index contributed by atoms with van der Waals surface area (Å²) in [7, 11) is 0. The van der Waals surface area contributed by atoms with Crippen molar-refractivity contribution in [1.29, 1.82) is 0 Å². The van der Waals surface area contributed by atoms with Crippen molar-refractivity contribution >= 4 is 11.8 Å². The third-order valence-corrected chi connectivity index (χ3v) is 4.67. The van der Waals surface area contributed by atoms with Crippen LogP contribution in [0.25, 0.3) is 0 Å². The third kappa shape index (κ3) is 4.30. The summed E-state index contributed by atoms with van der Waals surface area (Å²) in [5.74, 6) is 8.65. The minimum absolute atomic E-state index is 0.244. The SMILES string of the molecule is Cc1cc(C)c(C(CSCC(C)C)NN)cc1C. The molecule has 0 aliphatic heterocycles. The van der Waals surface area contributed by atoms with Crippen molar-refractivity contribution in [2.24, 2.45) is 11.8 Å². The van der Waals surface area contributed by atoms with Crippen LogP contribution in [0.5, 0.6) is 0 Å². The summed E-state index contributed by atoms with van der Waals surface area (Å²) in [6.07, 6.45) is 0. The van der Waals surface area contributed by atoms with Gasteiger partial charge in [0, 0.05) is 5.75 Å². The molecule has 0 saturated carbocycles. The quantitative estimate of drug-likeness (QED) is 0.611. The molecular weight excluding hydrogens is 240 g/mol. The van der Waals surface area contributed by atoms with Crippen LogP contribution in [-0.4, -0.2) is 11.5 Å². The highest BCUT2D eigenvalue weighted by molar-refractivity contribution is 7.99. The normalized spacial score (nSPS) is 13.1. The molecule has 2 nitrogen and oxygen atoms in total. The Labute approximate surface area is 116 Å². The summed E-state index contributed by atoms with van der Waals surface area (Å²) in [6, 6.07) is 4.76. The Morgan fingerprint density at radius 2 is 1.67 bits per heavy atom. The summed E-state index contributed by atoms with van der Waals surface area (Å²) in [5, 5.41) is 0. The smallest absolute Gasteiger partial charge is 0.0553 e. The molecule has 0 radical (unpaired) electrons. The zero-order valence-corrected chi connectivity index (χ0v) is 13.0. The molecule has 1 unspecified atom stereocenters. The summed E-state index contributed by atoms with van der Waals surface area (Å²) in [4.78, 5) is 0. The van der Waals surface area contributed by atoms with Crippen molar-refractivity contribution in [2.45, 2.75) is 40.7 Å². The fraction of sp³-hybridized carbons (Fsp3) is 0.600. The maximum atomic E-state index is 5.72. The van der Waals surface area contributed by atoms with Gasteiger partial charge in [0.1, 0.15) is 0 Å². The van der Waals surface area contributed by atoms with Crippen molar-refractivity contribution < 1.29 is 0 Å². The van der Waals surface area contributed by atoms with E-state index in [1.54, 1.807) is 0 Å². The molecule has 0 aliphatic rings. The van der Waals surface area contributed by atoms with Crippen molar-refractivity contribution in [3.8, 4) is 0 Å². The largest absolute Gasteiger partial charge is 0.271 e. The second kappa shape index (κ2) is 7.17. The minimum atomic E-state index is 0.244. The number of hydrogen-bond donors (Lipinski definition) is 2. The van der Waals surface area contributed by atoms with Gasteiger partial charge >= 0.3 is 0 Å². The number of aryl methyl sites for hydroxylation is 3. The van der Waals surface area contributed by atoms with Gasteiger partial charge in [0.25, 0.3) is 0 Å². The molecule has 0 amide bonds. The van der Waals surface area contributed by atoms with Crippen LogP contribution >= 0.6 is 11.8 Å².